The molecule has 0 bridgehead atoms. The molecule has 6 heteroatoms. The van der Waals surface area contributed by atoms with Gasteiger partial charge in [-0.1, -0.05) is 26.0 Å². The van der Waals surface area contributed by atoms with Crippen LogP contribution in [0.3, 0.4) is 0 Å². The average Bonchev–Trinajstić information content (AvgIpc) is 2.55. The summed E-state index contributed by atoms with van der Waals surface area (Å²) in [6.07, 6.45) is 0. The van der Waals surface area contributed by atoms with Crippen molar-refractivity contribution in [3.05, 3.63) is 59.4 Å². The van der Waals surface area contributed by atoms with Crippen molar-refractivity contribution in [2.45, 2.75) is 31.1 Å². The van der Waals surface area contributed by atoms with Crippen LogP contribution in [0.2, 0.25) is 0 Å². The third-order valence-corrected chi connectivity index (χ3v) is 5.41. The Morgan fingerprint density at radius 1 is 1.12 bits per heavy atom. The van der Waals surface area contributed by atoms with Crippen molar-refractivity contribution in [1.82, 2.24) is 4.72 Å². The lowest BCUT2D eigenvalue weighted by molar-refractivity contribution is 0.414. The molecular formula is C18H22FNO3S. The summed E-state index contributed by atoms with van der Waals surface area (Å²) in [5, 5.41) is 0. The van der Waals surface area contributed by atoms with Gasteiger partial charge in [0.05, 0.1) is 12.0 Å². The van der Waals surface area contributed by atoms with E-state index in [2.05, 4.69) is 4.72 Å². The lowest BCUT2D eigenvalue weighted by Crippen LogP contribution is -2.36. The van der Waals surface area contributed by atoms with E-state index in [1.54, 1.807) is 7.11 Å². The number of aryl methyl sites for hydroxylation is 1. The van der Waals surface area contributed by atoms with Crippen molar-refractivity contribution >= 4 is 10.0 Å². The van der Waals surface area contributed by atoms with Crippen molar-refractivity contribution < 1.29 is 17.5 Å². The number of ether oxygens (including phenoxy) is 1. The van der Waals surface area contributed by atoms with Gasteiger partial charge in [-0.25, -0.2) is 17.5 Å². The van der Waals surface area contributed by atoms with Crippen LogP contribution in [0.25, 0.3) is 0 Å². The van der Waals surface area contributed by atoms with E-state index < -0.39 is 21.3 Å². The van der Waals surface area contributed by atoms with Crippen molar-refractivity contribution in [2.24, 2.45) is 0 Å². The topological polar surface area (TPSA) is 55.4 Å². The van der Waals surface area contributed by atoms with Gasteiger partial charge in [-0.3, -0.25) is 0 Å². The molecule has 0 aliphatic carbocycles. The first-order chi connectivity index (χ1) is 11.2. The predicted molar refractivity (Wildman–Crippen MR) is 92.3 cm³/mol. The highest BCUT2D eigenvalue weighted by Crippen LogP contribution is 2.25. The average molecular weight is 351 g/mol. The first kappa shape index (κ1) is 18.4. The zero-order valence-electron chi connectivity index (χ0n) is 14.3. The Bertz CT molecular complexity index is 815. The summed E-state index contributed by atoms with van der Waals surface area (Å²) in [6.45, 7) is 5.66. The molecule has 130 valence electrons. The number of rotatable bonds is 6. The Balaban J connectivity index is 2.15. The summed E-state index contributed by atoms with van der Waals surface area (Å²) in [6, 6.07) is 11.3. The van der Waals surface area contributed by atoms with E-state index in [0.717, 1.165) is 11.3 Å². The molecule has 4 nitrogen and oxygen atoms in total. The Hall–Kier alpha value is -1.92. The van der Waals surface area contributed by atoms with Crippen molar-refractivity contribution in [2.75, 3.05) is 13.7 Å². The van der Waals surface area contributed by atoms with E-state index in [9.17, 15) is 12.8 Å². The van der Waals surface area contributed by atoms with Gasteiger partial charge in [0.1, 0.15) is 11.6 Å². The van der Waals surface area contributed by atoms with Crippen molar-refractivity contribution in [3.63, 3.8) is 0 Å². The molecule has 0 fully saturated rings. The highest BCUT2D eigenvalue weighted by Gasteiger charge is 2.24. The third kappa shape index (κ3) is 4.13. The summed E-state index contributed by atoms with van der Waals surface area (Å²) in [5.41, 5.74) is 0.877. The molecule has 0 amide bonds. The van der Waals surface area contributed by atoms with Gasteiger partial charge in [-0.15, -0.1) is 0 Å². The van der Waals surface area contributed by atoms with Gasteiger partial charge < -0.3 is 4.74 Å². The van der Waals surface area contributed by atoms with E-state index in [-0.39, 0.29) is 11.4 Å². The van der Waals surface area contributed by atoms with Crippen LogP contribution in [-0.4, -0.2) is 22.1 Å². The molecule has 0 spiro atoms. The molecule has 0 unspecified atom stereocenters. The standard InChI is InChI=1S/C18H22FNO3S/c1-13-11-16(9-10-17(13)19)24(21,22)20-12-18(2,3)14-5-7-15(23-4)8-6-14/h5-11,20H,12H2,1-4H3. The third-order valence-electron chi connectivity index (χ3n) is 4.02. The first-order valence-electron chi connectivity index (χ1n) is 7.56. The number of hydrogen-bond donors (Lipinski definition) is 1. The van der Waals surface area contributed by atoms with Gasteiger partial charge in [0.2, 0.25) is 10.0 Å². The molecule has 0 atom stereocenters. The Kier molecular flexibility index (Phi) is 5.30. The van der Waals surface area contributed by atoms with Crippen molar-refractivity contribution in [3.8, 4) is 5.75 Å². The maximum Gasteiger partial charge on any atom is 0.240 e. The van der Waals surface area contributed by atoms with Crippen LogP contribution in [-0.2, 0) is 15.4 Å². The highest BCUT2D eigenvalue weighted by molar-refractivity contribution is 7.89. The van der Waals surface area contributed by atoms with Gasteiger partial charge in [0, 0.05) is 12.0 Å². The van der Waals surface area contributed by atoms with E-state index in [1.165, 1.54) is 25.1 Å². The van der Waals surface area contributed by atoms with Gasteiger partial charge in [-0.2, -0.15) is 0 Å². The molecule has 0 saturated heterocycles. The molecular weight excluding hydrogens is 329 g/mol. The van der Waals surface area contributed by atoms with Gasteiger partial charge >= 0.3 is 0 Å². The monoisotopic (exact) mass is 351 g/mol. The van der Waals surface area contributed by atoms with Crippen LogP contribution in [0, 0.1) is 12.7 Å². The fourth-order valence-corrected chi connectivity index (χ4v) is 3.58. The Morgan fingerprint density at radius 2 is 1.75 bits per heavy atom. The van der Waals surface area contributed by atoms with Crippen molar-refractivity contribution in [1.29, 1.82) is 0 Å². The molecule has 2 aromatic carbocycles. The molecule has 0 saturated carbocycles. The Labute approximate surface area is 142 Å². The first-order valence-corrected chi connectivity index (χ1v) is 9.04. The number of benzene rings is 2. The zero-order valence-corrected chi connectivity index (χ0v) is 15.1. The lowest BCUT2D eigenvalue weighted by Gasteiger charge is -2.26. The summed E-state index contributed by atoms with van der Waals surface area (Å²) in [4.78, 5) is 0.0620. The molecule has 24 heavy (non-hydrogen) atoms. The van der Waals surface area contributed by atoms with E-state index in [0.29, 0.717) is 5.56 Å². The van der Waals surface area contributed by atoms with Gasteiger partial charge in [0.25, 0.3) is 0 Å². The molecule has 0 aliphatic rings. The summed E-state index contributed by atoms with van der Waals surface area (Å²) >= 11 is 0. The van der Waals surface area contributed by atoms with Crippen LogP contribution in [0.15, 0.2) is 47.4 Å². The van der Waals surface area contributed by atoms with Gasteiger partial charge in [-0.05, 0) is 48.4 Å². The lowest BCUT2D eigenvalue weighted by atomic mass is 9.85. The zero-order chi connectivity index (χ0) is 18.0. The van der Waals surface area contributed by atoms with Crippen LogP contribution in [0.1, 0.15) is 25.0 Å². The predicted octanol–water partition coefficient (Wildman–Crippen LogP) is 3.40. The fraction of sp³-hybridized carbons (Fsp3) is 0.333. The van der Waals surface area contributed by atoms with Crippen LogP contribution in [0.5, 0.6) is 5.75 Å². The summed E-state index contributed by atoms with van der Waals surface area (Å²) < 4.78 is 45.9. The Morgan fingerprint density at radius 3 is 2.29 bits per heavy atom. The molecule has 1 N–H and O–H groups in total. The quantitative estimate of drug-likeness (QED) is 0.868. The molecule has 0 radical (unpaired) electrons. The van der Waals surface area contributed by atoms with E-state index >= 15 is 0 Å². The maximum atomic E-state index is 13.3. The molecule has 0 heterocycles. The largest absolute Gasteiger partial charge is 0.497 e. The number of hydrogen-bond acceptors (Lipinski definition) is 3. The normalized spacial score (nSPS) is 12.2. The van der Waals surface area contributed by atoms with Gasteiger partial charge in [0.15, 0.2) is 0 Å². The van der Waals surface area contributed by atoms with Crippen LogP contribution >= 0.6 is 0 Å². The fourth-order valence-electron chi connectivity index (χ4n) is 2.29. The number of nitrogens with one attached hydrogen (secondary N) is 1. The highest BCUT2D eigenvalue weighted by atomic mass is 32.2. The van der Waals surface area contributed by atoms with Crippen LogP contribution in [0.4, 0.5) is 4.39 Å². The summed E-state index contributed by atoms with van der Waals surface area (Å²) in [5.74, 6) is 0.324. The SMILES string of the molecule is COc1ccc(C(C)(C)CNS(=O)(=O)c2ccc(F)c(C)c2)cc1. The molecule has 2 aromatic rings. The number of methoxy groups -OCH3 is 1. The van der Waals surface area contributed by atoms with E-state index in [1.807, 2.05) is 38.1 Å². The molecule has 0 aromatic heterocycles. The summed E-state index contributed by atoms with van der Waals surface area (Å²) in [7, 11) is -2.10. The smallest absolute Gasteiger partial charge is 0.240 e. The number of sulfonamides is 1. The number of halogens is 1. The maximum absolute atomic E-state index is 13.3. The van der Waals surface area contributed by atoms with E-state index in [4.69, 9.17) is 4.74 Å². The second-order valence-electron chi connectivity index (χ2n) is 6.35. The minimum atomic E-state index is -3.69. The second-order valence-corrected chi connectivity index (χ2v) is 8.11. The van der Waals surface area contributed by atoms with Crippen LogP contribution < -0.4 is 9.46 Å². The second kappa shape index (κ2) is 6.91. The minimum absolute atomic E-state index is 0.0620. The minimum Gasteiger partial charge on any atom is -0.497 e. The molecule has 0 aliphatic heterocycles. The molecule has 2 rings (SSSR count).